The van der Waals surface area contributed by atoms with Gasteiger partial charge >= 0.3 is 0 Å². The van der Waals surface area contributed by atoms with Gasteiger partial charge in [0.25, 0.3) is 5.91 Å². The van der Waals surface area contributed by atoms with Gasteiger partial charge < -0.3 is 10.2 Å². The number of nitrogens with zero attached hydrogens (tertiary/aromatic N) is 3. The predicted octanol–water partition coefficient (Wildman–Crippen LogP) is 2.24. The zero-order valence-electron chi connectivity index (χ0n) is 12.7. The molecule has 2 aromatic rings. The minimum atomic E-state index is -1.58. The van der Waals surface area contributed by atoms with Crippen LogP contribution in [0.3, 0.4) is 0 Å². The first-order valence-corrected chi connectivity index (χ1v) is 7.38. The van der Waals surface area contributed by atoms with Crippen molar-refractivity contribution in [3.05, 3.63) is 59.9 Å². The van der Waals surface area contributed by atoms with E-state index in [1.54, 1.807) is 36.7 Å². The first kappa shape index (κ1) is 15.2. The van der Waals surface area contributed by atoms with Crippen molar-refractivity contribution in [3.8, 4) is 5.75 Å². The molecule has 0 unspecified atom stereocenters. The summed E-state index contributed by atoms with van der Waals surface area (Å²) in [6, 6.07) is 9.52. The van der Waals surface area contributed by atoms with Gasteiger partial charge in [0, 0.05) is 30.1 Å². The smallest absolute Gasteiger partial charge is 0.280 e. The van der Waals surface area contributed by atoms with Crippen LogP contribution in [0.4, 0.5) is 0 Å². The molecule has 0 bridgehead atoms. The summed E-state index contributed by atoms with van der Waals surface area (Å²) in [5.41, 5.74) is -0.231. The summed E-state index contributed by atoms with van der Waals surface area (Å²) in [7, 11) is 0. The monoisotopic (exact) mass is 311 g/mol. The van der Waals surface area contributed by atoms with Crippen LogP contribution in [-0.4, -0.2) is 31.8 Å². The zero-order valence-corrected chi connectivity index (χ0v) is 12.7. The molecule has 1 aromatic carbocycles. The average molecular weight is 311 g/mol. The van der Waals surface area contributed by atoms with E-state index in [1.807, 2.05) is 6.92 Å². The Morgan fingerprint density at radius 2 is 1.96 bits per heavy atom. The maximum absolute atomic E-state index is 12.8. The summed E-state index contributed by atoms with van der Waals surface area (Å²) in [6.07, 6.45) is 3.96. The van der Waals surface area contributed by atoms with Crippen molar-refractivity contribution >= 4 is 11.6 Å². The Balaban J connectivity index is 2.05. The van der Waals surface area contributed by atoms with E-state index in [0.29, 0.717) is 17.7 Å². The molecule has 0 saturated heterocycles. The van der Waals surface area contributed by atoms with E-state index in [1.165, 1.54) is 12.1 Å². The Labute approximate surface area is 133 Å². The predicted molar refractivity (Wildman–Crippen MR) is 84.8 cm³/mol. The SMILES string of the molecule is CCC1=NN(C(=O)c2ccccc2O)[C@@](O)(c2ccncc2)C1. The van der Waals surface area contributed by atoms with Crippen molar-refractivity contribution in [2.45, 2.75) is 25.5 Å². The lowest BCUT2D eigenvalue weighted by Gasteiger charge is -2.31. The van der Waals surface area contributed by atoms with E-state index < -0.39 is 11.6 Å². The van der Waals surface area contributed by atoms with Gasteiger partial charge in [-0.25, -0.2) is 0 Å². The summed E-state index contributed by atoms with van der Waals surface area (Å²) >= 11 is 0. The second-order valence-electron chi connectivity index (χ2n) is 5.38. The van der Waals surface area contributed by atoms with Crippen LogP contribution in [0.15, 0.2) is 53.9 Å². The molecular weight excluding hydrogens is 294 g/mol. The normalized spacial score (nSPS) is 20.4. The average Bonchev–Trinajstić information content (AvgIpc) is 2.94. The largest absolute Gasteiger partial charge is 0.507 e. The lowest BCUT2D eigenvalue weighted by atomic mass is 9.97. The molecule has 0 aliphatic carbocycles. The minimum absolute atomic E-state index is 0.0982. The molecule has 1 aromatic heterocycles. The maximum atomic E-state index is 12.8. The molecule has 6 heteroatoms. The number of hydrogen-bond acceptors (Lipinski definition) is 5. The molecule has 1 atom stereocenters. The number of pyridine rings is 1. The van der Waals surface area contributed by atoms with Gasteiger partial charge in [-0.15, -0.1) is 0 Å². The highest BCUT2D eigenvalue weighted by molar-refractivity contribution is 6.00. The molecule has 1 aliphatic heterocycles. The second kappa shape index (κ2) is 5.81. The first-order chi connectivity index (χ1) is 11.1. The van der Waals surface area contributed by atoms with E-state index in [4.69, 9.17) is 0 Å². The quantitative estimate of drug-likeness (QED) is 0.910. The Morgan fingerprint density at radius 3 is 2.61 bits per heavy atom. The summed E-state index contributed by atoms with van der Waals surface area (Å²) in [6.45, 7) is 1.92. The number of phenols is 1. The summed E-state index contributed by atoms with van der Waals surface area (Å²) in [4.78, 5) is 16.7. The second-order valence-corrected chi connectivity index (χ2v) is 5.38. The van der Waals surface area contributed by atoms with Crippen LogP contribution in [0, 0.1) is 0 Å². The van der Waals surface area contributed by atoms with Crippen LogP contribution in [-0.2, 0) is 5.72 Å². The number of hydrazone groups is 1. The third-order valence-corrected chi connectivity index (χ3v) is 3.92. The molecule has 6 nitrogen and oxygen atoms in total. The molecule has 0 saturated carbocycles. The molecule has 0 spiro atoms. The number of aromatic nitrogens is 1. The number of benzene rings is 1. The van der Waals surface area contributed by atoms with Gasteiger partial charge in [0.05, 0.1) is 5.56 Å². The van der Waals surface area contributed by atoms with Crippen LogP contribution < -0.4 is 0 Å². The summed E-state index contributed by atoms with van der Waals surface area (Å²) in [5, 5.41) is 26.4. The van der Waals surface area contributed by atoms with Crippen molar-refractivity contribution < 1.29 is 15.0 Å². The third-order valence-electron chi connectivity index (χ3n) is 3.92. The Hall–Kier alpha value is -2.73. The Kier molecular flexibility index (Phi) is 3.83. The number of rotatable bonds is 3. The van der Waals surface area contributed by atoms with Gasteiger partial charge in [0.1, 0.15) is 5.75 Å². The molecule has 118 valence electrons. The Bertz CT molecular complexity index is 761. The molecule has 0 radical (unpaired) electrons. The number of hydrogen-bond donors (Lipinski definition) is 2. The van der Waals surface area contributed by atoms with Crippen LogP contribution in [0.1, 0.15) is 35.7 Å². The highest BCUT2D eigenvalue weighted by Crippen LogP contribution is 2.37. The third kappa shape index (κ3) is 2.57. The lowest BCUT2D eigenvalue weighted by molar-refractivity contribution is -0.0766. The number of para-hydroxylation sites is 1. The number of aliphatic hydroxyl groups is 1. The van der Waals surface area contributed by atoms with Crippen molar-refractivity contribution in [2.75, 3.05) is 0 Å². The van der Waals surface area contributed by atoms with Crippen LogP contribution >= 0.6 is 0 Å². The standard InChI is InChI=1S/C17H17N3O3/c1-2-13-11-17(23,12-7-9-18-10-8-12)20(19-13)16(22)14-5-3-4-6-15(14)21/h3-10,21,23H,2,11H2,1H3/t17-/m0/s1. The van der Waals surface area contributed by atoms with Gasteiger partial charge in [-0.1, -0.05) is 19.1 Å². The van der Waals surface area contributed by atoms with Crippen molar-refractivity contribution in [3.63, 3.8) is 0 Å². The lowest BCUT2D eigenvalue weighted by Crippen LogP contribution is -2.43. The number of amides is 1. The molecule has 1 amide bonds. The number of aromatic hydroxyl groups is 1. The molecule has 23 heavy (non-hydrogen) atoms. The van der Waals surface area contributed by atoms with E-state index in [0.717, 1.165) is 5.01 Å². The first-order valence-electron chi connectivity index (χ1n) is 7.38. The Morgan fingerprint density at radius 1 is 1.26 bits per heavy atom. The fourth-order valence-corrected chi connectivity index (χ4v) is 2.64. The van der Waals surface area contributed by atoms with Gasteiger partial charge in [-0.2, -0.15) is 10.1 Å². The molecule has 1 aliphatic rings. The molecule has 2 heterocycles. The van der Waals surface area contributed by atoms with Crippen molar-refractivity contribution in [2.24, 2.45) is 5.10 Å². The van der Waals surface area contributed by atoms with Crippen molar-refractivity contribution in [1.29, 1.82) is 0 Å². The highest BCUT2D eigenvalue weighted by Gasteiger charge is 2.46. The summed E-state index contributed by atoms with van der Waals surface area (Å²) < 4.78 is 0. The molecule has 0 fully saturated rings. The molecule has 3 rings (SSSR count). The van der Waals surface area contributed by atoms with E-state index in [2.05, 4.69) is 10.1 Å². The fraction of sp³-hybridized carbons (Fsp3) is 0.235. The number of carbonyl (C=O) groups is 1. The number of carbonyl (C=O) groups excluding carboxylic acids is 1. The minimum Gasteiger partial charge on any atom is -0.507 e. The van der Waals surface area contributed by atoms with E-state index >= 15 is 0 Å². The zero-order chi connectivity index (χ0) is 16.4. The van der Waals surface area contributed by atoms with E-state index in [-0.39, 0.29) is 17.7 Å². The van der Waals surface area contributed by atoms with Gasteiger partial charge in [-0.05, 0) is 30.7 Å². The molecular formula is C17H17N3O3. The highest BCUT2D eigenvalue weighted by atomic mass is 16.3. The van der Waals surface area contributed by atoms with E-state index in [9.17, 15) is 15.0 Å². The van der Waals surface area contributed by atoms with Crippen LogP contribution in [0.2, 0.25) is 0 Å². The van der Waals surface area contributed by atoms with Gasteiger partial charge in [-0.3, -0.25) is 9.78 Å². The van der Waals surface area contributed by atoms with Crippen LogP contribution in [0.25, 0.3) is 0 Å². The molecule has 2 N–H and O–H groups in total. The topological polar surface area (TPSA) is 86.0 Å². The van der Waals surface area contributed by atoms with Gasteiger partial charge in [0.15, 0.2) is 5.72 Å². The van der Waals surface area contributed by atoms with Crippen LogP contribution in [0.5, 0.6) is 5.75 Å². The van der Waals surface area contributed by atoms with Gasteiger partial charge in [0.2, 0.25) is 0 Å². The fourth-order valence-electron chi connectivity index (χ4n) is 2.64. The number of phenolic OH excluding ortho intramolecular Hbond substituents is 1. The van der Waals surface area contributed by atoms with Crippen molar-refractivity contribution in [1.82, 2.24) is 9.99 Å². The maximum Gasteiger partial charge on any atom is 0.280 e. The summed E-state index contributed by atoms with van der Waals surface area (Å²) in [5.74, 6) is -0.694.